The fraction of sp³-hybridized carbons (Fsp3) is 0.667. The van der Waals surface area contributed by atoms with Crippen LogP contribution in [0.2, 0.25) is 0 Å². The molecule has 0 spiro atoms. The third kappa shape index (κ3) is 4.07. The summed E-state index contributed by atoms with van der Waals surface area (Å²) in [5.74, 6) is 1.26. The summed E-state index contributed by atoms with van der Waals surface area (Å²) in [6.45, 7) is 10.8. The smallest absolute Gasteiger partial charge is 0.0551 e. The maximum Gasteiger partial charge on any atom is 0.0551 e. The van der Waals surface area contributed by atoms with Crippen molar-refractivity contribution in [3.8, 4) is 0 Å². The zero-order chi connectivity index (χ0) is 14.5. The molecular formula is C18H29NO. The van der Waals surface area contributed by atoms with Gasteiger partial charge in [-0.1, -0.05) is 45.0 Å². The summed E-state index contributed by atoms with van der Waals surface area (Å²) in [7, 11) is 0. The Morgan fingerprint density at radius 1 is 1.25 bits per heavy atom. The Kier molecular flexibility index (Phi) is 5.62. The van der Waals surface area contributed by atoms with Crippen LogP contribution in [0.1, 0.15) is 51.2 Å². The van der Waals surface area contributed by atoms with Crippen molar-refractivity contribution in [2.24, 2.45) is 5.92 Å². The van der Waals surface area contributed by atoms with Crippen LogP contribution in [0.4, 0.5) is 0 Å². The number of ether oxygens (including phenoxy) is 1. The van der Waals surface area contributed by atoms with Crippen LogP contribution in [0.5, 0.6) is 0 Å². The van der Waals surface area contributed by atoms with Crippen LogP contribution >= 0.6 is 0 Å². The molecular weight excluding hydrogens is 246 g/mol. The third-order valence-corrected chi connectivity index (χ3v) is 4.37. The molecule has 1 aromatic carbocycles. The van der Waals surface area contributed by atoms with E-state index in [4.69, 9.17) is 4.74 Å². The first kappa shape index (κ1) is 15.5. The Labute approximate surface area is 123 Å². The molecule has 20 heavy (non-hydrogen) atoms. The molecule has 0 saturated carbocycles. The Morgan fingerprint density at radius 2 is 1.95 bits per heavy atom. The van der Waals surface area contributed by atoms with Crippen molar-refractivity contribution < 1.29 is 4.74 Å². The Bertz CT molecular complexity index is 398. The van der Waals surface area contributed by atoms with Gasteiger partial charge >= 0.3 is 0 Å². The van der Waals surface area contributed by atoms with E-state index >= 15 is 0 Å². The zero-order valence-corrected chi connectivity index (χ0v) is 13.4. The maximum absolute atomic E-state index is 5.74. The summed E-state index contributed by atoms with van der Waals surface area (Å²) in [6.07, 6.45) is 2.71. The number of hydrogen-bond donors (Lipinski definition) is 1. The lowest BCUT2D eigenvalue weighted by molar-refractivity contribution is 0.117. The lowest BCUT2D eigenvalue weighted by Gasteiger charge is -2.23. The highest BCUT2D eigenvalue weighted by Gasteiger charge is 2.29. The molecule has 3 atom stereocenters. The molecule has 0 radical (unpaired) electrons. The molecule has 2 rings (SSSR count). The molecule has 1 heterocycles. The van der Waals surface area contributed by atoms with Gasteiger partial charge in [0.15, 0.2) is 0 Å². The normalized spacial score (nSPS) is 24.2. The third-order valence-electron chi connectivity index (χ3n) is 4.37. The average molecular weight is 275 g/mol. The Balaban J connectivity index is 2.00. The first-order valence-corrected chi connectivity index (χ1v) is 8.04. The number of rotatable bonds is 6. The van der Waals surface area contributed by atoms with E-state index in [1.165, 1.54) is 17.5 Å². The maximum atomic E-state index is 5.74. The van der Waals surface area contributed by atoms with Gasteiger partial charge in [-0.3, -0.25) is 0 Å². The van der Waals surface area contributed by atoms with Crippen LogP contribution in [0.3, 0.4) is 0 Å². The van der Waals surface area contributed by atoms with Crippen molar-refractivity contribution in [1.82, 2.24) is 5.32 Å². The minimum Gasteiger partial charge on any atom is -0.378 e. The minimum absolute atomic E-state index is 0.421. The van der Waals surface area contributed by atoms with Gasteiger partial charge in [-0.05, 0) is 43.4 Å². The summed E-state index contributed by atoms with van der Waals surface area (Å²) in [5, 5.41) is 3.65. The van der Waals surface area contributed by atoms with E-state index < -0.39 is 0 Å². The van der Waals surface area contributed by atoms with Gasteiger partial charge in [-0.25, -0.2) is 0 Å². The Morgan fingerprint density at radius 3 is 2.45 bits per heavy atom. The second kappa shape index (κ2) is 7.24. The fourth-order valence-corrected chi connectivity index (χ4v) is 3.09. The quantitative estimate of drug-likeness (QED) is 0.853. The van der Waals surface area contributed by atoms with Gasteiger partial charge in [0.25, 0.3) is 0 Å². The van der Waals surface area contributed by atoms with E-state index in [0.29, 0.717) is 24.0 Å². The van der Waals surface area contributed by atoms with E-state index in [0.717, 1.165) is 19.6 Å². The Hall–Kier alpha value is -0.860. The largest absolute Gasteiger partial charge is 0.378 e. The second-order valence-electron chi connectivity index (χ2n) is 6.40. The van der Waals surface area contributed by atoms with E-state index in [9.17, 15) is 0 Å². The number of nitrogens with one attached hydrogen (secondary N) is 1. The number of likely N-dealkylation sites (N-methyl/N-ethyl adjacent to an activating group) is 1. The van der Waals surface area contributed by atoms with Gasteiger partial charge in [-0.15, -0.1) is 0 Å². The first-order valence-electron chi connectivity index (χ1n) is 8.04. The van der Waals surface area contributed by atoms with Crippen LogP contribution in [0.15, 0.2) is 24.3 Å². The van der Waals surface area contributed by atoms with Gasteiger partial charge in [0.1, 0.15) is 0 Å². The predicted molar refractivity (Wildman–Crippen MR) is 85.2 cm³/mol. The van der Waals surface area contributed by atoms with E-state index in [1.807, 2.05) is 0 Å². The summed E-state index contributed by atoms with van der Waals surface area (Å²) in [6, 6.07) is 9.67. The SMILES string of the molecule is CCNC(Cc1ccc(C(C)C)cc1)C1COC(C)C1. The molecule has 2 heteroatoms. The highest BCUT2D eigenvalue weighted by Crippen LogP contribution is 2.25. The highest BCUT2D eigenvalue weighted by molar-refractivity contribution is 5.25. The van der Waals surface area contributed by atoms with Gasteiger partial charge in [0.05, 0.1) is 12.7 Å². The lowest BCUT2D eigenvalue weighted by Crippen LogP contribution is -2.38. The predicted octanol–water partition coefficient (Wildman–Crippen LogP) is 3.76. The summed E-state index contributed by atoms with van der Waals surface area (Å²) >= 11 is 0. The molecule has 1 saturated heterocycles. The van der Waals surface area contributed by atoms with E-state index in [2.05, 4.69) is 57.3 Å². The topological polar surface area (TPSA) is 21.3 Å². The minimum atomic E-state index is 0.421. The molecule has 3 unspecified atom stereocenters. The molecule has 1 aliphatic heterocycles. The van der Waals surface area contributed by atoms with Gasteiger partial charge in [0, 0.05) is 12.0 Å². The number of hydrogen-bond acceptors (Lipinski definition) is 2. The van der Waals surface area contributed by atoms with Crippen molar-refractivity contribution in [3.63, 3.8) is 0 Å². The summed E-state index contributed by atoms with van der Waals surface area (Å²) in [5.41, 5.74) is 2.85. The molecule has 1 N–H and O–H groups in total. The molecule has 0 amide bonds. The van der Waals surface area contributed by atoms with Crippen molar-refractivity contribution in [2.75, 3.05) is 13.2 Å². The van der Waals surface area contributed by atoms with Crippen LogP contribution in [0.25, 0.3) is 0 Å². The fourth-order valence-electron chi connectivity index (χ4n) is 3.09. The zero-order valence-electron chi connectivity index (χ0n) is 13.4. The summed E-state index contributed by atoms with van der Waals surface area (Å²) < 4.78 is 5.74. The van der Waals surface area contributed by atoms with Crippen LogP contribution in [-0.4, -0.2) is 25.3 Å². The summed E-state index contributed by atoms with van der Waals surface area (Å²) in [4.78, 5) is 0. The molecule has 1 aromatic rings. The van der Waals surface area contributed by atoms with Crippen LogP contribution < -0.4 is 5.32 Å². The van der Waals surface area contributed by atoms with Crippen molar-refractivity contribution in [3.05, 3.63) is 35.4 Å². The van der Waals surface area contributed by atoms with Gasteiger partial charge < -0.3 is 10.1 Å². The van der Waals surface area contributed by atoms with E-state index in [1.54, 1.807) is 0 Å². The van der Waals surface area contributed by atoms with Gasteiger partial charge in [-0.2, -0.15) is 0 Å². The average Bonchev–Trinajstić information content (AvgIpc) is 2.85. The number of benzene rings is 1. The van der Waals surface area contributed by atoms with Crippen molar-refractivity contribution >= 4 is 0 Å². The molecule has 112 valence electrons. The lowest BCUT2D eigenvalue weighted by atomic mass is 9.90. The van der Waals surface area contributed by atoms with Crippen molar-refractivity contribution in [1.29, 1.82) is 0 Å². The molecule has 2 nitrogen and oxygen atoms in total. The second-order valence-corrected chi connectivity index (χ2v) is 6.40. The van der Waals surface area contributed by atoms with Crippen LogP contribution in [-0.2, 0) is 11.2 Å². The van der Waals surface area contributed by atoms with Crippen LogP contribution in [0, 0.1) is 5.92 Å². The first-order chi connectivity index (χ1) is 9.60. The standard InChI is InChI=1S/C18H29NO/c1-5-19-18(17-10-14(4)20-12-17)11-15-6-8-16(9-7-15)13(2)3/h6-9,13-14,17-19H,5,10-12H2,1-4H3. The molecule has 0 aromatic heterocycles. The molecule has 0 aliphatic carbocycles. The molecule has 0 bridgehead atoms. The van der Waals surface area contributed by atoms with E-state index in [-0.39, 0.29) is 0 Å². The molecule has 1 fully saturated rings. The van der Waals surface area contributed by atoms with Crippen molar-refractivity contribution in [2.45, 2.75) is 58.6 Å². The van der Waals surface area contributed by atoms with Gasteiger partial charge in [0.2, 0.25) is 0 Å². The monoisotopic (exact) mass is 275 g/mol. The highest BCUT2D eigenvalue weighted by atomic mass is 16.5. The molecule has 1 aliphatic rings.